The van der Waals surface area contributed by atoms with Crippen LogP contribution >= 0.6 is 22.7 Å². The Morgan fingerprint density at radius 2 is 2.00 bits per heavy atom. The molecule has 4 rings (SSSR count). The Labute approximate surface area is 183 Å². The van der Waals surface area contributed by atoms with Gasteiger partial charge in [-0.1, -0.05) is 17.7 Å². The number of anilines is 1. The molecule has 4 aromatic rings. The van der Waals surface area contributed by atoms with E-state index in [2.05, 4.69) is 28.4 Å². The second-order valence-corrected chi connectivity index (χ2v) is 8.91. The van der Waals surface area contributed by atoms with E-state index in [0.717, 1.165) is 33.8 Å². The van der Waals surface area contributed by atoms with E-state index in [1.54, 1.807) is 10.9 Å². The van der Waals surface area contributed by atoms with Gasteiger partial charge in [0.1, 0.15) is 12.4 Å². The van der Waals surface area contributed by atoms with Gasteiger partial charge >= 0.3 is 0 Å². The van der Waals surface area contributed by atoms with Gasteiger partial charge < -0.3 is 4.74 Å². The van der Waals surface area contributed by atoms with Crippen molar-refractivity contribution in [2.75, 3.05) is 5.32 Å². The number of thiophene rings is 1. The fourth-order valence-corrected chi connectivity index (χ4v) is 4.55. The molecule has 0 aliphatic rings. The van der Waals surface area contributed by atoms with Crippen molar-refractivity contribution >= 4 is 33.7 Å². The van der Waals surface area contributed by atoms with Crippen LogP contribution in [0.3, 0.4) is 0 Å². The molecule has 30 heavy (non-hydrogen) atoms. The summed E-state index contributed by atoms with van der Waals surface area (Å²) in [6.07, 6.45) is 1.79. The van der Waals surface area contributed by atoms with E-state index in [0.29, 0.717) is 16.6 Å². The normalized spacial score (nSPS) is 10.9. The highest BCUT2D eigenvalue weighted by Crippen LogP contribution is 2.28. The lowest BCUT2D eigenvalue weighted by molar-refractivity contribution is 0.103. The zero-order chi connectivity index (χ0) is 21.3. The maximum Gasteiger partial charge on any atom is 0.267 e. The highest BCUT2D eigenvalue weighted by Gasteiger charge is 2.15. The van der Waals surface area contributed by atoms with Gasteiger partial charge in [0, 0.05) is 29.2 Å². The number of ether oxygens (including phenoxy) is 1. The maximum absolute atomic E-state index is 12.6. The third kappa shape index (κ3) is 4.29. The van der Waals surface area contributed by atoms with Crippen molar-refractivity contribution in [2.24, 2.45) is 7.05 Å². The minimum atomic E-state index is -0.165. The molecule has 3 aromatic heterocycles. The molecule has 0 saturated heterocycles. The molecule has 0 unspecified atom stereocenters. The van der Waals surface area contributed by atoms with Gasteiger partial charge in [0.25, 0.3) is 5.91 Å². The molecule has 0 aliphatic carbocycles. The smallest absolute Gasteiger partial charge is 0.267 e. The summed E-state index contributed by atoms with van der Waals surface area (Å²) in [7, 11) is 1.89. The van der Waals surface area contributed by atoms with Crippen molar-refractivity contribution in [3.05, 3.63) is 68.5 Å². The van der Waals surface area contributed by atoms with Crippen molar-refractivity contribution < 1.29 is 9.53 Å². The third-order valence-corrected chi connectivity index (χ3v) is 6.57. The number of aromatic nitrogens is 3. The molecule has 0 aliphatic heterocycles. The fourth-order valence-electron chi connectivity index (χ4n) is 3.06. The first-order valence-corrected chi connectivity index (χ1v) is 11.2. The Hall–Kier alpha value is -2.97. The lowest BCUT2D eigenvalue weighted by atomic mass is 10.1. The number of amides is 1. The molecule has 8 heteroatoms. The van der Waals surface area contributed by atoms with E-state index in [1.807, 2.05) is 49.9 Å². The highest BCUT2D eigenvalue weighted by molar-refractivity contribution is 7.14. The van der Waals surface area contributed by atoms with Crippen LogP contribution in [0.25, 0.3) is 11.3 Å². The average molecular weight is 439 g/mol. The molecule has 1 N–H and O–H groups in total. The first-order chi connectivity index (χ1) is 14.4. The molecule has 0 spiro atoms. The lowest BCUT2D eigenvalue weighted by Gasteiger charge is -2.08. The van der Waals surface area contributed by atoms with Crippen LogP contribution in [0.5, 0.6) is 5.75 Å². The number of benzene rings is 1. The number of carbonyl (C=O) groups is 1. The molecule has 0 radical (unpaired) electrons. The molecule has 154 valence electrons. The zero-order valence-electron chi connectivity index (χ0n) is 17.2. The molecule has 6 nitrogen and oxygen atoms in total. The molecule has 0 bridgehead atoms. The molecule has 0 atom stereocenters. The lowest BCUT2D eigenvalue weighted by Crippen LogP contribution is -2.09. The minimum absolute atomic E-state index is 0.165. The van der Waals surface area contributed by atoms with Gasteiger partial charge in [0.15, 0.2) is 5.13 Å². The van der Waals surface area contributed by atoms with Gasteiger partial charge in [-0.25, -0.2) is 4.98 Å². The van der Waals surface area contributed by atoms with Crippen LogP contribution in [0, 0.1) is 20.8 Å². The van der Waals surface area contributed by atoms with Crippen LogP contribution in [0.1, 0.15) is 32.1 Å². The SMILES string of the molecule is Cc1ccc(OCc2csc(C(=O)Nc3nc(-c4cnn(C)c4C)cs3)c2)c(C)c1. The van der Waals surface area contributed by atoms with Gasteiger partial charge in [-0.2, -0.15) is 5.10 Å². The molecule has 1 aromatic carbocycles. The van der Waals surface area contributed by atoms with Crippen molar-refractivity contribution in [2.45, 2.75) is 27.4 Å². The number of carbonyl (C=O) groups excluding carboxylic acids is 1. The fraction of sp³-hybridized carbons (Fsp3) is 0.227. The summed E-state index contributed by atoms with van der Waals surface area (Å²) in [4.78, 5) is 17.8. The van der Waals surface area contributed by atoms with Gasteiger partial charge in [-0.15, -0.1) is 22.7 Å². The van der Waals surface area contributed by atoms with E-state index < -0.39 is 0 Å². The van der Waals surface area contributed by atoms with Gasteiger partial charge in [0.05, 0.1) is 16.8 Å². The Kier molecular flexibility index (Phi) is 5.69. The molecular formula is C22H22N4O2S2. The Morgan fingerprint density at radius 3 is 2.73 bits per heavy atom. The first kappa shape index (κ1) is 20.3. The average Bonchev–Trinajstić information content (AvgIpc) is 3.43. The van der Waals surface area contributed by atoms with Crippen LogP contribution < -0.4 is 10.1 Å². The maximum atomic E-state index is 12.6. The Bertz CT molecular complexity index is 1210. The van der Waals surface area contributed by atoms with Crippen LogP contribution in [0.15, 0.2) is 41.2 Å². The summed E-state index contributed by atoms with van der Waals surface area (Å²) in [5.74, 6) is 0.695. The molecule has 1 amide bonds. The number of rotatable bonds is 6. The molecular weight excluding hydrogens is 416 g/mol. The number of nitrogens with zero attached hydrogens (tertiary/aromatic N) is 3. The number of thiazole rings is 1. The Balaban J connectivity index is 1.39. The summed E-state index contributed by atoms with van der Waals surface area (Å²) in [6.45, 7) is 6.51. The predicted octanol–water partition coefficient (Wildman–Crippen LogP) is 5.36. The van der Waals surface area contributed by atoms with Crippen molar-refractivity contribution in [3.63, 3.8) is 0 Å². The summed E-state index contributed by atoms with van der Waals surface area (Å²) in [6, 6.07) is 7.97. The molecule has 0 saturated carbocycles. The minimum Gasteiger partial charge on any atom is -0.489 e. The standard InChI is InChI=1S/C22H22N4O2S2/c1-13-5-6-19(14(2)7-13)28-10-16-8-20(29-11-16)21(27)25-22-24-18(12-30-22)17-9-23-26(4)15(17)3/h5-9,11-12H,10H2,1-4H3,(H,24,25,27). The van der Waals surface area contributed by atoms with Gasteiger partial charge in [0.2, 0.25) is 0 Å². The number of nitrogens with one attached hydrogen (secondary N) is 1. The van der Waals surface area contributed by atoms with Gasteiger partial charge in [-0.05, 0) is 43.8 Å². The van der Waals surface area contributed by atoms with E-state index in [9.17, 15) is 4.79 Å². The summed E-state index contributed by atoms with van der Waals surface area (Å²) >= 11 is 2.80. The number of hydrogen-bond acceptors (Lipinski definition) is 6. The zero-order valence-corrected chi connectivity index (χ0v) is 18.9. The van der Waals surface area contributed by atoms with E-state index in [-0.39, 0.29) is 5.91 Å². The van der Waals surface area contributed by atoms with Crippen LogP contribution in [-0.2, 0) is 13.7 Å². The van der Waals surface area contributed by atoms with Gasteiger partial charge in [-0.3, -0.25) is 14.8 Å². The van der Waals surface area contributed by atoms with Crippen molar-refractivity contribution in [1.29, 1.82) is 0 Å². The van der Waals surface area contributed by atoms with Crippen LogP contribution in [0.4, 0.5) is 5.13 Å². The first-order valence-electron chi connectivity index (χ1n) is 9.44. The van der Waals surface area contributed by atoms with E-state index >= 15 is 0 Å². The third-order valence-electron chi connectivity index (χ3n) is 4.84. The predicted molar refractivity (Wildman–Crippen MR) is 122 cm³/mol. The van der Waals surface area contributed by atoms with Crippen LogP contribution in [-0.4, -0.2) is 20.7 Å². The second kappa shape index (κ2) is 8.41. The summed E-state index contributed by atoms with van der Waals surface area (Å²) < 4.78 is 7.72. The highest BCUT2D eigenvalue weighted by atomic mass is 32.1. The summed E-state index contributed by atoms with van der Waals surface area (Å²) in [5, 5.41) is 11.6. The van der Waals surface area contributed by atoms with Crippen molar-refractivity contribution in [1.82, 2.24) is 14.8 Å². The second-order valence-electron chi connectivity index (χ2n) is 7.14. The Morgan fingerprint density at radius 1 is 1.17 bits per heavy atom. The quantitative estimate of drug-likeness (QED) is 0.440. The van der Waals surface area contributed by atoms with E-state index in [1.165, 1.54) is 28.2 Å². The topological polar surface area (TPSA) is 69.0 Å². The van der Waals surface area contributed by atoms with Crippen LogP contribution in [0.2, 0.25) is 0 Å². The molecule has 3 heterocycles. The summed E-state index contributed by atoms with van der Waals surface area (Å²) in [5.41, 5.74) is 6.09. The number of hydrogen-bond donors (Lipinski definition) is 1. The monoisotopic (exact) mass is 438 g/mol. The largest absolute Gasteiger partial charge is 0.489 e. The number of aryl methyl sites for hydroxylation is 3. The van der Waals surface area contributed by atoms with E-state index in [4.69, 9.17) is 4.74 Å². The molecule has 0 fully saturated rings. The van der Waals surface area contributed by atoms with Crippen molar-refractivity contribution in [3.8, 4) is 17.0 Å².